The van der Waals surface area contributed by atoms with E-state index in [-0.39, 0.29) is 5.91 Å². The van der Waals surface area contributed by atoms with Gasteiger partial charge in [-0.05, 0) is 43.2 Å². The second kappa shape index (κ2) is 10.1. The summed E-state index contributed by atoms with van der Waals surface area (Å²) in [4.78, 5) is 23.9. The molecule has 0 spiro atoms. The lowest BCUT2D eigenvalue weighted by Gasteiger charge is -2.37. The highest BCUT2D eigenvalue weighted by Gasteiger charge is 2.20. The summed E-state index contributed by atoms with van der Waals surface area (Å²) in [5.41, 5.74) is 2.92. The second-order valence-electron chi connectivity index (χ2n) is 7.40. The van der Waals surface area contributed by atoms with Gasteiger partial charge in [0.15, 0.2) is 0 Å². The van der Waals surface area contributed by atoms with E-state index in [1.165, 1.54) is 5.69 Å². The Kier molecular flexibility index (Phi) is 7.33. The fraction of sp³-hybridized carbons (Fsp3) is 0.478. The number of aromatic nitrogens is 1. The number of carbonyl (C=O) groups excluding carboxylic acids is 1. The minimum Gasteiger partial charge on any atom is -0.497 e. The molecule has 0 atom stereocenters. The van der Waals surface area contributed by atoms with Crippen LogP contribution in [0.15, 0.2) is 42.7 Å². The van der Waals surface area contributed by atoms with Gasteiger partial charge in [0, 0.05) is 51.2 Å². The minimum absolute atomic E-state index is 0.0833. The number of piperazine rings is 1. The number of rotatable bonds is 8. The van der Waals surface area contributed by atoms with Crippen molar-refractivity contribution in [2.45, 2.75) is 26.7 Å². The number of nitrogens with zero attached hydrogens (tertiary/aromatic N) is 4. The van der Waals surface area contributed by atoms with Crippen molar-refractivity contribution in [2.24, 2.45) is 0 Å². The number of hydrogen-bond donors (Lipinski definition) is 0. The Morgan fingerprint density at radius 1 is 0.966 bits per heavy atom. The Labute approximate surface area is 174 Å². The van der Waals surface area contributed by atoms with E-state index in [0.29, 0.717) is 5.56 Å². The van der Waals surface area contributed by atoms with E-state index in [2.05, 4.69) is 40.8 Å². The number of carbonyl (C=O) groups is 1. The molecule has 1 aromatic carbocycles. The standard InChI is InChI=1S/C23H32N4O2/c1-4-10-27(11-5-2)23(28)19-16-21(18-24-17-19)26-14-12-25(13-15-26)20-6-8-22(29-3)9-7-20/h6-9,16-18H,4-5,10-15H2,1-3H3. The lowest BCUT2D eigenvalue weighted by atomic mass is 10.2. The average Bonchev–Trinajstić information content (AvgIpc) is 2.79. The summed E-state index contributed by atoms with van der Waals surface area (Å²) in [6.45, 7) is 9.46. The van der Waals surface area contributed by atoms with E-state index < -0.39 is 0 Å². The first-order chi connectivity index (χ1) is 14.2. The average molecular weight is 397 g/mol. The molecule has 6 heteroatoms. The molecule has 1 aromatic heterocycles. The van der Waals surface area contributed by atoms with E-state index in [1.807, 2.05) is 29.3 Å². The van der Waals surface area contributed by atoms with E-state index in [0.717, 1.165) is 63.5 Å². The molecule has 3 rings (SSSR count). The molecule has 29 heavy (non-hydrogen) atoms. The summed E-state index contributed by atoms with van der Waals surface area (Å²) in [6, 6.07) is 10.2. The van der Waals surface area contributed by atoms with E-state index in [9.17, 15) is 4.79 Å². The zero-order chi connectivity index (χ0) is 20.6. The number of methoxy groups -OCH3 is 1. The zero-order valence-corrected chi connectivity index (χ0v) is 17.8. The number of amides is 1. The number of ether oxygens (including phenoxy) is 1. The SMILES string of the molecule is CCCN(CCC)C(=O)c1cncc(N2CCN(c3ccc(OC)cc3)CC2)c1. The Morgan fingerprint density at radius 2 is 1.55 bits per heavy atom. The Bertz CT molecular complexity index is 780. The van der Waals surface area contributed by atoms with Gasteiger partial charge in [-0.3, -0.25) is 9.78 Å². The number of pyridine rings is 1. The van der Waals surface area contributed by atoms with Crippen molar-refractivity contribution in [3.8, 4) is 5.75 Å². The summed E-state index contributed by atoms with van der Waals surface area (Å²) in [5, 5.41) is 0. The predicted octanol–water partition coefficient (Wildman–Crippen LogP) is 3.68. The van der Waals surface area contributed by atoms with Gasteiger partial charge in [0.05, 0.1) is 24.6 Å². The van der Waals surface area contributed by atoms with Crippen LogP contribution in [0.3, 0.4) is 0 Å². The molecular formula is C23H32N4O2. The summed E-state index contributed by atoms with van der Waals surface area (Å²) in [5.74, 6) is 0.958. The van der Waals surface area contributed by atoms with E-state index >= 15 is 0 Å². The van der Waals surface area contributed by atoms with Crippen LogP contribution < -0.4 is 14.5 Å². The summed E-state index contributed by atoms with van der Waals surface area (Å²) in [6.07, 6.45) is 5.49. The molecule has 0 N–H and O–H groups in total. The molecule has 0 bridgehead atoms. The number of benzene rings is 1. The lowest BCUT2D eigenvalue weighted by molar-refractivity contribution is 0.0755. The van der Waals surface area contributed by atoms with Gasteiger partial charge >= 0.3 is 0 Å². The molecule has 2 heterocycles. The highest BCUT2D eigenvalue weighted by molar-refractivity contribution is 5.94. The molecule has 0 radical (unpaired) electrons. The fourth-order valence-electron chi connectivity index (χ4n) is 3.77. The number of hydrogen-bond acceptors (Lipinski definition) is 5. The lowest BCUT2D eigenvalue weighted by Crippen LogP contribution is -2.46. The molecule has 2 aromatic rings. The van der Waals surface area contributed by atoms with Crippen LogP contribution in [0.2, 0.25) is 0 Å². The highest BCUT2D eigenvalue weighted by Crippen LogP contribution is 2.23. The number of anilines is 2. The molecule has 0 saturated carbocycles. The van der Waals surface area contributed by atoms with Gasteiger partial charge in [-0.25, -0.2) is 0 Å². The first kappa shape index (κ1) is 21.0. The maximum Gasteiger partial charge on any atom is 0.255 e. The summed E-state index contributed by atoms with van der Waals surface area (Å²) in [7, 11) is 1.68. The zero-order valence-electron chi connectivity index (χ0n) is 17.8. The third-order valence-corrected chi connectivity index (χ3v) is 5.33. The Morgan fingerprint density at radius 3 is 2.10 bits per heavy atom. The van der Waals surface area contributed by atoms with Gasteiger partial charge in [0.25, 0.3) is 5.91 Å². The van der Waals surface area contributed by atoms with Crippen molar-refractivity contribution in [3.05, 3.63) is 48.3 Å². The molecular weight excluding hydrogens is 364 g/mol. The van der Waals surface area contributed by atoms with Crippen molar-refractivity contribution in [2.75, 3.05) is 56.2 Å². The Hall–Kier alpha value is -2.76. The minimum atomic E-state index is 0.0833. The first-order valence-corrected chi connectivity index (χ1v) is 10.5. The quantitative estimate of drug-likeness (QED) is 0.681. The molecule has 1 saturated heterocycles. The van der Waals surface area contributed by atoms with Crippen molar-refractivity contribution in [1.82, 2.24) is 9.88 Å². The summed E-state index contributed by atoms with van der Waals surface area (Å²) >= 11 is 0. The van der Waals surface area contributed by atoms with Crippen LogP contribution in [0.4, 0.5) is 11.4 Å². The fourth-order valence-corrected chi connectivity index (χ4v) is 3.77. The van der Waals surface area contributed by atoms with Crippen LogP contribution in [0.5, 0.6) is 5.75 Å². The van der Waals surface area contributed by atoms with Crippen LogP contribution in [-0.4, -0.2) is 62.2 Å². The predicted molar refractivity (Wildman–Crippen MR) is 118 cm³/mol. The van der Waals surface area contributed by atoms with E-state index in [1.54, 1.807) is 13.3 Å². The van der Waals surface area contributed by atoms with Gasteiger partial charge in [-0.1, -0.05) is 13.8 Å². The molecule has 1 aliphatic heterocycles. The van der Waals surface area contributed by atoms with E-state index in [4.69, 9.17) is 4.74 Å². The molecule has 6 nitrogen and oxygen atoms in total. The normalized spacial score (nSPS) is 14.0. The van der Waals surface area contributed by atoms with Crippen molar-refractivity contribution < 1.29 is 9.53 Å². The van der Waals surface area contributed by atoms with Crippen molar-refractivity contribution in [1.29, 1.82) is 0 Å². The smallest absolute Gasteiger partial charge is 0.255 e. The first-order valence-electron chi connectivity index (χ1n) is 10.5. The van der Waals surface area contributed by atoms with Crippen LogP contribution in [0, 0.1) is 0 Å². The third-order valence-electron chi connectivity index (χ3n) is 5.33. The molecule has 0 unspecified atom stereocenters. The van der Waals surface area contributed by atoms with Gasteiger partial charge < -0.3 is 19.4 Å². The van der Waals surface area contributed by atoms with Crippen LogP contribution in [-0.2, 0) is 0 Å². The monoisotopic (exact) mass is 396 g/mol. The van der Waals surface area contributed by atoms with Gasteiger partial charge in [-0.2, -0.15) is 0 Å². The Balaban J connectivity index is 1.64. The second-order valence-corrected chi connectivity index (χ2v) is 7.40. The molecule has 1 amide bonds. The highest BCUT2D eigenvalue weighted by atomic mass is 16.5. The summed E-state index contributed by atoms with van der Waals surface area (Å²) < 4.78 is 5.24. The van der Waals surface area contributed by atoms with Crippen LogP contribution in [0.1, 0.15) is 37.0 Å². The van der Waals surface area contributed by atoms with Gasteiger partial charge in [0.2, 0.25) is 0 Å². The maximum atomic E-state index is 12.9. The molecule has 156 valence electrons. The topological polar surface area (TPSA) is 48.9 Å². The van der Waals surface area contributed by atoms with Gasteiger partial charge in [0.1, 0.15) is 5.75 Å². The molecule has 1 fully saturated rings. The van der Waals surface area contributed by atoms with Crippen molar-refractivity contribution in [3.63, 3.8) is 0 Å². The maximum absolute atomic E-state index is 12.9. The van der Waals surface area contributed by atoms with Gasteiger partial charge in [-0.15, -0.1) is 0 Å². The molecule has 0 aliphatic carbocycles. The van der Waals surface area contributed by atoms with Crippen molar-refractivity contribution >= 4 is 17.3 Å². The van der Waals surface area contributed by atoms with Crippen LogP contribution in [0.25, 0.3) is 0 Å². The third kappa shape index (κ3) is 5.19. The largest absolute Gasteiger partial charge is 0.497 e. The molecule has 1 aliphatic rings. The van der Waals surface area contributed by atoms with Crippen LogP contribution >= 0.6 is 0 Å².